The Morgan fingerprint density at radius 1 is 1.18 bits per heavy atom. The zero-order valence-electron chi connectivity index (χ0n) is 18.7. The second-order valence-electron chi connectivity index (χ2n) is 7.56. The lowest BCUT2D eigenvalue weighted by atomic mass is 9.80. The number of esters is 1. The number of fused-ring (bicyclic) bond motifs is 1. The van der Waals surface area contributed by atoms with E-state index in [0.717, 1.165) is 23.5 Å². The predicted octanol–water partition coefficient (Wildman–Crippen LogP) is 4.86. The van der Waals surface area contributed by atoms with Gasteiger partial charge in [0, 0.05) is 6.04 Å². The van der Waals surface area contributed by atoms with Crippen molar-refractivity contribution in [3.63, 3.8) is 0 Å². The van der Waals surface area contributed by atoms with E-state index in [1.165, 1.54) is 11.0 Å². The summed E-state index contributed by atoms with van der Waals surface area (Å²) in [6, 6.07) is 1.87. The molecule has 2 heterocycles. The molecule has 1 aliphatic heterocycles. The lowest BCUT2D eigenvalue weighted by Gasteiger charge is -2.43. The zero-order chi connectivity index (χ0) is 24.5. The summed E-state index contributed by atoms with van der Waals surface area (Å²) in [5, 5.41) is 0.394. The van der Waals surface area contributed by atoms with Gasteiger partial charge in [0.1, 0.15) is 9.88 Å². The molecule has 0 saturated heterocycles. The number of benzene rings is 1. The van der Waals surface area contributed by atoms with Gasteiger partial charge in [-0.1, -0.05) is 6.92 Å². The number of aromatic nitrogens is 1. The van der Waals surface area contributed by atoms with Crippen molar-refractivity contribution in [2.45, 2.75) is 58.3 Å². The standard InChI is InChI=1S/C22H26F3N3O4S/c1-5-14-17(26)16(19-27-11(4)18(33-19)20(29)31-6-2)13-10-12(22(23,24)25)8-9-15(13)28(14)21(30)32-7-3/h8-10,14,16-17H,5-7,26H2,1-4H3. The molecule has 0 bridgehead atoms. The minimum atomic E-state index is -4.59. The molecule has 0 saturated carbocycles. The predicted molar refractivity (Wildman–Crippen MR) is 118 cm³/mol. The number of amides is 1. The number of nitrogens with zero attached hydrogens (tertiary/aromatic N) is 2. The van der Waals surface area contributed by atoms with Crippen molar-refractivity contribution in [3.05, 3.63) is 44.9 Å². The molecule has 2 aromatic rings. The third-order valence-electron chi connectivity index (χ3n) is 5.53. The first-order valence-electron chi connectivity index (χ1n) is 10.6. The Kier molecular flexibility index (Phi) is 7.32. The molecule has 1 amide bonds. The maximum atomic E-state index is 13.6. The number of aryl methyl sites for hydroxylation is 1. The van der Waals surface area contributed by atoms with Gasteiger partial charge in [-0.2, -0.15) is 13.2 Å². The Bertz CT molecular complexity index is 1040. The van der Waals surface area contributed by atoms with E-state index in [9.17, 15) is 22.8 Å². The SMILES string of the molecule is CCOC(=O)c1sc(C2c3cc(C(F)(F)F)ccc3N(C(=O)OCC)C(CC)C2N)nc1C. The minimum absolute atomic E-state index is 0.106. The number of thiazole rings is 1. The number of nitrogens with two attached hydrogens (primary N) is 1. The van der Waals surface area contributed by atoms with E-state index >= 15 is 0 Å². The van der Waals surface area contributed by atoms with Gasteiger partial charge < -0.3 is 15.2 Å². The van der Waals surface area contributed by atoms with Crippen molar-refractivity contribution in [2.75, 3.05) is 18.1 Å². The molecule has 7 nitrogen and oxygen atoms in total. The quantitative estimate of drug-likeness (QED) is 0.608. The summed E-state index contributed by atoms with van der Waals surface area (Å²) in [4.78, 5) is 31.2. The van der Waals surface area contributed by atoms with Crippen molar-refractivity contribution in [2.24, 2.45) is 5.73 Å². The smallest absolute Gasteiger partial charge is 0.416 e. The van der Waals surface area contributed by atoms with Crippen LogP contribution in [0.2, 0.25) is 0 Å². The topological polar surface area (TPSA) is 94.8 Å². The molecular formula is C22H26F3N3O4S. The summed E-state index contributed by atoms with van der Waals surface area (Å²) in [7, 11) is 0. The maximum Gasteiger partial charge on any atom is 0.416 e. The number of carbonyl (C=O) groups excluding carboxylic acids is 2. The van der Waals surface area contributed by atoms with Crippen LogP contribution in [0.1, 0.15) is 64.6 Å². The van der Waals surface area contributed by atoms with Gasteiger partial charge in [-0.15, -0.1) is 11.3 Å². The van der Waals surface area contributed by atoms with Crippen LogP contribution >= 0.6 is 11.3 Å². The largest absolute Gasteiger partial charge is 0.462 e. The molecule has 180 valence electrons. The second kappa shape index (κ2) is 9.68. The Morgan fingerprint density at radius 3 is 2.42 bits per heavy atom. The van der Waals surface area contributed by atoms with E-state index in [1.807, 2.05) is 6.92 Å². The van der Waals surface area contributed by atoms with Gasteiger partial charge in [-0.25, -0.2) is 14.6 Å². The highest BCUT2D eigenvalue weighted by atomic mass is 32.1. The van der Waals surface area contributed by atoms with Crippen LogP contribution in [0.5, 0.6) is 0 Å². The molecule has 2 N–H and O–H groups in total. The summed E-state index contributed by atoms with van der Waals surface area (Å²) in [5.41, 5.74) is 6.62. The molecule has 33 heavy (non-hydrogen) atoms. The molecule has 0 aliphatic carbocycles. The van der Waals surface area contributed by atoms with E-state index in [1.54, 1.807) is 20.8 Å². The lowest BCUT2D eigenvalue weighted by Crippen LogP contribution is -2.56. The van der Waals surface area contributed by atoms with Gasteiger partial charge >= 0.3 is 18.2 Å². The third-order valence-corrected chi connectivity index (χ3v) is 6.75. The molecule has 3 unspecified atom stereocenters. The highest BCUT2D eigenvalue weighted by molar-refractivity contribution is 7.13. The van der Waals surface area contributed by atoms with Gasteiger partial charge in [-0.05, 0) is 51.0 Å². The van der Waals surface area contributed by atoms with E-state index in [-0.39, 0.29) is 29.3 Å². The molecule has 3 atom stereocenters. The molecule has 0 fully saturated rings. The van der Waals surface area contributed by atoms with Crippen molar-refractivity contribution in [3.8, 4) is 0 Å². The second-order valence-corrected chi connectivity index (χ2v) is 8.59. The molecule has 0 spiro atoms. The van der Waals surface area contributed by atoms with Crippen LogP contribution in [-0.2, 0) is 15.7 Å². The average Bonchev–Trinajstić information content (AvgIpc) is 3.13. The highest BCUT2D eigenvalue weighted by Gasteiger charge is 2.45. The van der Waals surface area contributed by atoms with Crippen LogP contribution in [0.3, 0.4) is 0 Å². The number of anilines is 1. The fourth-order valence-electron chi connectivity index (χ4n) is 4.10. The molecule has 11 heteroatoms. The average molecular weight is 486 g/mol. The zero-order valence-corrected chi connectivity index (χ0v) is 19.5. The van der Waals surface area contributed by atoms with Gasteiger partial charge in [-0.3, -0.25) is 4.90 Å². The molecular weight excluding hydrogens is 459 g/mol. The van der Waals surface area contributed by atoms with Crippen molar-refractivity contribution in [1.29, 1.82) is 0 Å². The summed E-state index contributed by atoms with van der Waals surface area (Å²) in [5.74, 6) is -1.31. The number of halogens is 3. The molecule has 1 aromatic carbocycles. The first-order chi connectivity index (χ1) is 15.5. The van der Waals surface area contributed by atoms with E-state index in [0.29, 0.717) is 17.1 Å². The van der Waals surface area contributed by atoms with Crippen LogP contribution in [0.25, 0.3) is 0 Å². The highest BCUT2D eigenvalue weighted by Crippen LogP contribution is 2.46. The van der Waals surface area contributed by atoms with Gasteiger partial charge in [0.25, 0.3) is 0 Å². The molecule has 1 aromatic heterocycles. The summed E-state index contributed by atoms with van der Waals surface area (Å²) >= 11 is 1.05. The Hall–Kier alpha value is -2.66. The van der Waals surface area contributed by atoms with Gasteiger partial charge in [0.2, 0.25) is 0 Å². The Morgan fingerprint density at radius 2 is 1.85 bits per heavy atom. The van der Waals surface area contributed by atoms with Crippen molar-refractivity contribution < 1.29 is 32.2 Å². The fourth-order valence-corrected chi connectivity index (χ4v) is 5.23. The first kappa shape index (κ1) is 25.0. The van der Waals surface area contributed by atoms with Gasteiger partial charge in [0.05, 0.1) is 42.1 Å². The summed E-state index contributed by atoms with van der Waals surface area (Å²) in [6.07, 6.45) is -4.83. The molecule has 0 radical (unpaired) electrons. The van der Waals surface area contributed by atoms with Crippen LogP contribution in [-0.4, -0.2) is 42.3 Å². The lowest BCUT2D eigenvalue weighted by molar-refractivity contribution is -0.137. The van der Waals surface area contributed by atoms with Crippen LogP contribution in [0.15, 0.2) is 18.2 Å². The first-order valence-corrected chi connectivity index (χ1v) is 11.4. The van der Waals surface area contributed by atoms with Crippen LogP contribution in [0, 0.1) is 6.92 Å². The number of rotatable bonds is 5. The number of hydrogen-bond acceptors (Lipinski definition) is 7. The fraction of sp³-hybridized carbons (Fsp3) is 0.500. The monoisotopic (exact) mass is 485 g/mol. The van der Waals surface area contributed by atoms with E-state index in [2.05, 4.69) is 4.98 Å². The number of carbonyl (C=O) groups is 2. The summed E-state index contributed by atoms with van der Waals surface area (Å²) < 4.78 is 50.9. The van der Waals surface area contributed by atoms with Crippen molar-refractivity contribution in [1.82, 2.24) is 4.98 Å². The Balaban J connectivity index is 2.22. The normalized spacial score (nSPS) is 20.4. The minimum Gasteiger partial charge on any atom is -0.462 e. The van der Waals surface area contributed by atoms with Gasteiger partial charge in [0.15, 0.2) is 0 Å². The maximum absolute atomic E-state index is 13.6. The number of hydrogen-bond donors (Lipinski definition) is 1. The van der Waals surface area contributed by atoms with Crippen molar-refractivity contribution >= 4 is 29.1 Å². The number of ether oxygens (including phenoxy) is 2. The van der Waals surface area contributed by atoms with E-state index in [4.69, 9.17) is 15.2 Å². The van der Waals surface area contributed by atoms with Crippen LogP contribution in [0.4, 0.5) is 23.7 Å². The number of alkyl halides is 3. The van der Waals surface area contributed by atoms with E-state index < -0.39 is 41.8 Å². The summed E-state index contributed by atoms with van der Waals surface area (Å²) in [6.45, 7) is 7.08. The molecule has 3 rings (SSSR count). The molecule has 1 aliphatic rings. The van der Waals surface area contributed by atoms with Crippen LogP contribution < -0.4 is 10.6 Å². The Labute approximate surface area is 193 Å². The third kappa shape index (κ3) is 4.70.